The molecular formula is C14H17ClFN. The van der Waals surface area contributed by atoms with Crippen LogP contribution in [-0.2, 0) is 6.42 Å². The van der Waals surface area contributed by atoms with Gasteiger partial charge in [0, 0.05) is 23.0 Å². The average molecular weight is 254 g/mol. The summed E-state index contributed by atoms with van der Waals surface area (Å²) < 4.78 is 13.6. The summed E-state index contributed by atoms with van der Waals surface area (Å²) in [7, 11) is 0. The van der Waals surface area contributed by atoms with Crippen molar-refractivity contribution in [3.8, 4) is 12.3 Å². The predicted octanol–water partition coefficient (Wildman–Crippen LogP) is 3.41. The van der Waals surface area contributed by atoms with Crippen molar-refractivity contribution < 1.29 is 4.39 Å². The van der Waals surface area contributed by atoms with Crippen molar-refractivity contribution in [1.82, 2.24) is 5.32 Å². The lowest BCUT2D eigenvalue weighted by Gasteiger charge is -2.17. The van der Waals surface area contributed by atoms with Crippen LogP contribution >= 0.6 is 11.6 Å². The number of hydrogen-bond donors (Lipinski definition) is 1. The van der Waals surface area contributed by atoms with E-state index in [2.05, 4.69) is 11.2 Å². The molecule has 1 nitrogen and oxygen atoms in total. The maximum absolute atomic E-state index is 13.6. The van der Waals surface area contributed by atoms with Crippen LogP contribution in [0.2, 0.25) is 5.02 Å². The molecule has 0 amide bonds. The Labute approximate surface area is 107 Å². The number of nitrogens with one attached hydrogen (secondary N) is 1. The van der Waals surface area contributed by atoms with Crippen molar-refractivity contribution in [3.63, 3.8) is 0 Å². The van der Waals surface area contributed by atoms with E-state index in [0.29, 0.717) is 23.4 Å². The van der Waals surface area contributed by atoms with Crippen molar-refractivity contribution >= 4 is 11.6 Å². The third-order valence-electron chi connectivity index (χ3n) is 2.64. The number of rotatable bonds is 6. The summed E-state index contributed by atoms with van der Waals surface area (Å²) in [5.74, 6) is 2.36. The number of terminal acetylenes is 1. The van der Waals surface area contributed by atoms with Crippen molar-refractivity contribution in [2.75, 3.05) is 6.54 Å². The molecule has 0 aliphatic rings. The summed E-state index contributed by atoms with van der Waals surface area (Å²) in [4.78, 5) is 0. The van der Waals surface area contributed by atoms with Gasteiger partial charge in [-0.3, -0.25) is 0 Å². The first-order valence-corrected chi connectivity index (χ1v) is 6.16. The van der Waals surface area contributed by atoms with E-state index in [0.717, 1.165) is 13.0 Å². The molecule has 0 aromatic heterocycles. The van der Waals surface area contributed by atoms with E-state index in [4.69, 9.17) is 18.0 Å². The lowest BCUT2D eigenvalue weighted by atomic mass is 10.0. The van der Waals surface area contributed by atoms with Gasteiger partial charge in [-0.05, 0) is 31.5 Å². The number of likely N-dealkylation sites (N-methyl/N-ethyl adjacent to an activating group) is 1. The predicted molar refractivity (Wildman–Crippen MR) is 70.6 cm³/mol. The SMILES string of the molecule is C#CCCC(Cc1c(F)cccc1Cl)NCC. The Hall–Kier alpha value is -1.04. The highest BCUT2D eigenvalue weighted by molar-refractivity contribution is 6.31. The number of halogens is 2. The zero-order valence-corrected chi connectivity index (χ0v) is 10.7. The van der Waals surface area contributed by atoms with E-state index in [-0.39, 0.29) is 11.9 Å². The van der Waals surface area contributed by atoms with E-state index in [1.54, 1.807) is 12.1 Å². The van der Waals surface area contributed by atoms with Crippen LogP contribution in [0.25, 0.3) is 0 Å². The molecule has 92 valence electrons. The van der Waals surface area contributed by atoms with E-state index < -0.39 is 0 Å². The third-order valence-corrected chi connectivity index (χ3v) is 3.00. The van der Waals surface area contributed by atoms with Crippen LogP contribution < -0.4 is 5.32 Å². The molecule has 1 aromatic carbocycles. The van der Waals surface area contributed by atoms with Gasteiger partial charge in [0.2, 0.25) is 0 Å². The topological polar surface area (TPSA) is 12.0 Å². The Morgan fingerprint density at radius 1 is 1.53 bits per heavy atom. The molecule has 1 N–H and O–H groups in total. The van der Waals surface area contributed by atoms with Gasteiger partial charge in [0.05, 0.1) is 0 Å². The second-order valence-corrected chi connectivity index (χ2v) is 4.31. The second-order valence-electron chi connectivity index (χ2n) is 3.90. The van der Waals surface area contributed by atoms with Gasteiger partial charge < -0.3 is 5.32 Å². The molecule has 0 heterocycles. The molecule has 0 saturated carbocycles. The van der Waals surface area contributed by atoms with Gasteiger partial charge in [-0.2, -0.15) is 0 Å². The van der Waals surface area contributed by atoms with Crippen molar-refractivity contribution in [3.05, 3.63) is 34.6 Å². The Kier molecular flexibility index (Phi) is 6.04. The average Bonchev–Trinajstić information content (AvgIpc) is 2.31. The number of hydrogen-bond acceptors (Lipinski definition) is 1. The molecule has 1 atom stereocenters. The highest BCUT2D eigenvalue weighted by Gasteiger charge is 2.13. The minimum atomic E-state index is -0.249. The molecule has 0 radical (unpaired) electrons. The molecule has 0 bridgehead atoms. The van der Waals surface area contributed by atoms with Crippen LogP contribution in [0.4, 0.5) is 4.39 Å². The van der Waals surface area contributed by atoms with E-state index in [9.17, 15) is 4.39 Å². The monoisotopic (exact) mass is 253 g/mol. The molecule has 1 aromatic rings. The molecule has 0 aliphatic heterocycles. The van der Waals surface area contributed by atoms with Gasteiger partial charge >= 0.3 is 0 Å². The first-order chi connectivity index (χ1) is 8.19. The van der Waals surface area contributed by atoms with Crippen LogP contribution in [0.5, 0.6) is 0 Å². The summed E-state index contributed by atoms with van der Waals surface area (Å²) in [6.45, 7) is 2.85. The van der Waals surface area contributed by atoms with E-state index >= 15 is 0 Å². The fourth-order valence-electron chi connectivity index (χ4n) is 1.80. The summed E-state index contributed by atoms with van der Waals surface area (Å²) in [5, 5.41) is 3.78. The molecule has 0 aliphatic carbocycles. The first-order valence-electron chi connectivity index (χ1n) is 5.78. The Morgan fingerprint density at radius 2 is 2.29 bits per heavy atom. The Bertz CT molecular complexity index is 377. The van der Waals surface area contributed by atoms with Crippen molar-refractivity contribution in [2.45, 2.75) is 32.2 Å². The van der Waals surface area contributed by atoms with Crippen LogP contribution in [-0.4, -0.2) is 12.6 Å². The van der Waals surface area contributed by atoms with Crippen molar-refractivity contribution in [2.24, 2.45) is 0 Å². The van der Waals surface area contributed by atoms with Gasteiger partial charge in [-0.15, -0.1) is 12.3 Å². The van der Waals surface area contributed by atoms with E-state index in [1.807, 2.05) is 6.92 Å². The van der Waals surface area contributed by atoms with Crippen LogP contribution in [0.15, 0.2) is 18.2 Å². The largest absolute Gasteiger partial charge is 0.314 e. The molecule has 1 rings (SSSR count). The minimum Gasteiger partial charge on any atom is -0.314 e. The summed E-state index contributed by atoms with van der Waals surface area (Å²) >= 11 is 6.00. The highest BCUT2D eigenvalue weighted by atomic mass is 35.5. The van der Waals surface area contributed by atoms with Gasteiger partial charge in [-0.1, -0.05) is 24.6 Å². The fourth-order valence-corrected chi connectivity index (χ4v) is 2.04. The van der Waals surface area contributed by atoms with Crippen molar-refractivity contribution in [1.29, 1.82) is 0 Å². The quantitative estimate of drug-likeness (QED) is 0.766. The van der Waals surface area contributed by atoms with Gasteiger partial charge in [-0.25, -0.2) is 4.39 Å². The summed E-state index contributed by atoms with van der Waals surface area (Å²) in [6, 6.07) is 4.94. The Morgan fingerprint density at radius 3 is 2.88 bits per heavy atom. The molecule has 1 unspecified atom stereocenters. The molecule has 0 fully saturated rings. The van der Waals surface area contributed by atoms with Crippen LogP contribution in [0, 0.1) is 18.2 Å². The second kappa shape index (κ2) is 7.32. The van der Waals surface area contributed by atoms with Crippen LogP contribution in [0.3, 0.4) is 0 Å². The zero-order valence-electron chi connectivity index (χ0n) is 9.97. The minimum absolute atomic E-state index is 0.172. The lowest BCUT2D eigenvalue weighted by molar-refractivity contribution is 0.485. The summed E-state index contributed by atoms with van der Waals surface area (Å²) in [5.41, 5.74) is 0.567. The summed E-state index contributed by atoms with van der Waals surface area (Å²) in [6.07, 6.45) is 7.33. The highest BCUT2D eigenvalue weighted by Crippen LogP contribution is 2.21. The van der Waals surface area contributed by atoms with Crippen LogP contribution in [0.1, 0.15) is 25.3 Å². The fraction of sp³-hybridized carbons (Fsp3) is 0.429. The normalized spacial score (nSPS) is 12.1. The molecule has 0 saturated heterocycles. The lowest BCUT2D eigenvalue weighted by Crippen LogP contribution is -2.31. The first kappa shape index (κ1) is 14.0. The molecule has 0 spiro atoms. The maximum Gasteiger partial charge on any atom is 0.127 e. The smallest absolute Gasteiger partial charge is 0.127 e. The number of benzene rings is 1. The standard InChI is InChI=1S/C14H17ClFN/c1-3-5-7-11(17-4-2)10-12-13(15)8-6-9-14(12)16/h1,6,8-9,11,17H,4-5,7,10H2,2H3. The molecule has 17 heavy (non-hydrogen) atoms. The molecular weight excluding hydrogens is 237 g/mol. The van der Waals surface area contributed by atoms with Gasteiger partial charge in [0.15, 0.2) is 0 Å². The van der Waals surface area contributed by atoms with E-state index in [1.165, 1.54) is 6.07 Å². The molecule has 3 heteroatoms. The zero-order chi connectivity index (χ0) is 12.7. The third kappa shape index (κ3) is 4.38. The maximum atomic E-state index is 13.6. The van der Waals surface area contributed by atoms with Gasteiger partial charge in [0.25, 0.3) is 0 Å². The Balaban J connectivity index is 2.75. The van der Waals surface area contributed by atoms with Gasteiger partial charge in [0.1, 0.15) is 5.82 Å².